The Bertz CT molecular complexity index is 2470. The van der Waals surface area contributed by atoms with Gasteiger partial charge in [-0.05, 0) is 103 Å². The number of hydrogen-bond donors (Lipinski definition) is 18. The van der Waals surface area contributed by atoms with Crippen molar-refractivity contribution >= 4 is 5.97 Å². The molecule has 0 amide bonds. The van der Waals surface area contributed by atoms with Gasteiger partial charge in [0.2, 0.25) is 6.29 Å². The van der Waals surface area contributed by atoms with Crippen LogP contribution in [-0.4, -0.2) is 297 Å². The maximum atomic E-state index is 14.9. The molecule has 0 spiro atoms. The van der Waals surface area contributed by atoms with E-state index in [1.807, 2.05) is 0 Å². The Morgan fingerprint density at radius 1 is 0.461 bits per heavy atom. The summed E-state index contributed by atoms with van der Waals surface area (Å²) < 4.78 is 60.7. The third-order valence-corrected chi connectivity index (χ3v) is 23.6. The Labute approximate surface area is 515 Å². The van der Waals surface area contributed by atoms with Crippen molar-refractivity contribution in [3.8, 4) is 0 Å². The molecule has 0 bridgehead atoms. The van der Waals surface area contributed by atoms with Gasteiger partial charge in [0.15, 0.2) is 25.2 Å². The topological polar surface area (TPSA) is 474 Å². The van der Waals surface area contributed by atoms with Crippen LogP contribution in [0.25, 0.3) is 0 Å². The molecule has 5 aliphatic carbocycles. The van der Waals surface area contributed by atoms with Crippen molar-refractivity contribution in [1.29, 1.82) is 0 Å². The molecule has 29 nitrogen and oxygen atoms in total. The Hall–Kier alpha value is -1.87. The van der Waals surface area contributed by atoms with Crippen LogP contribution in [0, 0.1) is 50.2 Å². The van der Waals surface area contributed by atoms with Crippen LogP contribution in [-0.2, 0) is 52.2 Å². The molecule has 0 aromatic carbocycles. The van der Waals surface area contributed by atoms with Crippen LogP contribution in [0.3, 0.4) is 0 Å². The summed E-state index contributed by atoms with van der Waals surface area (Å²) in [6.45, 7) is 10.8. The van der Waals surface area contributed by atoms with Crippen LogP contribution >= 0.6 is 0 Å². The van der Waals surface area contributed by atoms with E-state index in [1.54, 1.807) is 0 Å². The highest BCUT2D eigenvalue weighted by Gasteiger charge is 2.72. The molecule has 10 aliphatic rings. The summed E-state index contributed by atoms with van der Waals surface area (Å²) in [7, 11) is 0. The van der Waals surface area contributed by atoms with Gasteiger partial charge in [-0.2, -0.15) is 0 Å². The average Bonchev–Trinajstić information content (AvgIpc) is 0.679. The monoisotopic (exact) mass is 1280 g/mol. The maximum absolute atomic E-state index is 14.9. The minimum absolute atomic E-state index is 0.00307. The van der Waals surface area contributed by atoms with Crippen molar-refractivity contribution in [2.45, 2.75) is 272 Å². The van der Waals surface area contributed by atoms with E-state index in [4.69, 9.17) is 47.4 Å². The van der Waals surface area contributed by atoms with E-state index in [9.17, 15) is 96.7 Å². The largest absolute Gasteiger partial charge is 0.432 e. The standard InChI is InChI=1S/C60H98O29/c1-55(2)14-15-60(54(79)89-51-44(77)41(74)36(69)27(20-63)82-51)24(16-55)23-8-9-31-57(5)12-11-33(56(3,4)30(57)10-13-58(31,6)59(23,7)17-32(60)66)85-53-48(88-50-43(76)40(73)35(68)26(19-62)81-50)47(38(71)29(22-65)84-53)87-52-45(78)46(37(70)28(21-64)83-52)86-49-42(75)39(72)34(67)25(18-61)80-49/h8,24-53,61-78H,9-22H2,1-7H3/t24-,25+,26+,27+,28+,29+,30-,31+,32+,33-,34+,35+,36+,37+,38+,39-,40-,41-,42+,43+,44+,45+,46-,47-,48+,49-,50-,51-,52-,53-,57-,58+,59+,60+/m0/s1. The zero-order chi connectivity index (χ0) is 65.2. The number of fused-ring (bicyclic) bond motifs is 7. The lowest BCUT2D eigenvalue weighted by molar-refractivity contribution is -0.405. The molecule has 0 radical (unpaired) electrons. The number of ether oxygens (including phenoxy) is 10. The fraction of sp³-hybridized carbons (Fsp3) is 0.950. The van der Waals surface area contributed by atoms with E-state index in [1.165, 1.54) is 0 Å². The molecule has 18 N–H and O–H groups in total. The number of aliphatic hydroxyl groups is 18. The molecular weight excluding hydrogens is 1180 g/mol. The molecule has 0 unspecified atom stereocenters. The fourth-order valence-electron chi connectivity index (χ4n) is 18.1. The second-order valence-electron chi connectivity index (χ2n) is 29.2. The molecule has 4 saturated carbocycles. The normalized spacial score (nSPS) is 53.9. The second kappa shape index (κ2) is 25.9. The zero-order valence-corrected chi connectivity index (χ0v) is 51.3. The molecule has 9 fully saturated rings. The van der Waals surface area contributed by atoms with E-state index in [-0.39, 0.29) is 30.1 Å². The summed E-state index contributed by atoms with van der Waals surface area (Å²) in [5.41, 5.74) is -2.99. The zero-order valence-electron chi connectivity index (χ0n) is 51.3. The van der Waals surface area contributed by atoms with Crippen molar-refractivity contribution in [3.05, 3.63) is 11.6 Å². The van der Waals surface area contributed by atoms with Gasteiger partial charge >= 0.3 is 5.97 Å². The number of hydrogen-bond acceptors (Lipinski definition) is 29. The molecule has 29 heteroatoms. The second-order valence-corrected chi connectivity index (χ2v) is 29.2. The van der Waals surface area contributed by atoms with Crippen LogP contribution in [0.15, 0.2) is 11.6 Å². The summed E-state index contributed by atoms with van der Waals surface area (Å²) in [4.78, 5) is 14.9. The summed E-state index contributed by atoms with van der Waals surface area (Å²) >= 11 is 0. The van der Waals surface area contributed by atoms with Crippen molar-refractivity contribution in [2.75, 3.05) is 33.0 Å². The molecule has 5 heterocycles. The number of rotatable bonds is 15. The minimum Gasteiger partial charge on any atom is -0.432 e. The van der Waals surface area contributed by atoms with Crippen molar-refractivity contribution in [2.24, 2.45) is 50.2 Å². The first-order valence-electron chi connectivity index (χ1n) is 31.5. The first-order chi connectivity index (χ1) is 41.7. The van der Waals surface area contributed by atoms with Gasteiger partial charge in [0.25, 0.3) is 0 Å². The lowest BCUT2D eigenvalue weighted by Gasteiger charge is -2.72. The number of carbonyl (C=O) groups excluding carboxylic acids is 1. The molecule has 89 heavy (non-hydrogen) atoms. The third-order valence-electron chi connectivity index (χ3n) is 23.6. The summed E-state index contributed by atoms with van der Waals surface area (Å²) in [5.74, 6) is -1.40. The highest BCUT2D eigenvalue weighted by molar-refractivity contribution is 5.80. The lowest BCUT2D eigenvalue weighted by Crippen LogP contribution is -2.69. The Balaban J connectivity index is 0.937. The summed E-state index contributed by atoms with van der Waals surface area (Å²) in [6, 6.07) is 0. The summed E-state index contributed by atoms with van der Waals surface area (Å²) in [5, 5.41) is 196. The Kier molecular flexibility index (Phi) is 20.4. The van der Waals surface area contributed by atoms with Gasteiger partial charge in [0.1, 0.15) is 127 Å². The van der Waals surface area contributed by atoms with Crippen LogP contribution in [0.2, 0.25) is 0 Å². The van der Waals surface area contributed by atoms with Gasteiger partial charge in [-0.1, -0.05) is 60.1 Å². The van der Waals surface area contributed by atoms with E-state index < -0.39 is 238 Å². The molecular formula is C60H98O29. The van der Waals surface area contributed by atoms with Crippen LogP contribution in [0.5, 0.6) is 0 Å². The molecule has 5 aliphatic heterocycles. The van der Waals surface area contributed by atoms with E-state index in [0.29, 0.717) is 44.9 Å². The maximum Gasteiger partial charge on any atom is 0.317 e. The first kappa shape index (κ1) is 69.9. The van der Waals surface area contributed by atoms with Crippen LogP contribution in [0.4, 0.5) is 0 Å². The van der Waals surface area contributed by atoms with Gasteiger partial charge in [-0.3, -0.25) is 4.79 Å². The SMILES string of the molecule is CC1(C)CC[C@]2(C(=O)O[C@@H]3O[C@H](CO)[C@@H](O)[C@H](O)[C@H]3O)[C@H](O)C[C@]3(C)C(=CC[C@@H]4[C@@]5(C)CC[C@H](O[C@@H]6O[C@H](CO)[C@@H](O)[C@H](O[C@@H]7O[C@H](CO)[C@@H](O)[C@H](O[C@@H]8O[C@H](CO)[C@@H](O)[C@H](O)[C@H]8O)[C@H]7O)[C@H]6O[C@@H]6O[C@H](CO)[C@@H](O)[C@H](O)[C@H]6O)C(C)(C)[C@@H]5CC[C@]43C)[C@@H]2C1. The Morgan fingerprint density at radius 3 is 1.44 bits per heavy atom. The smallest absolute Gasteiger partial charge is 0.317 e. The molecule has 10 rings (SSSR count). The summed E-state index contributed by atoms with van der Waals surface area (Å²) in [6.07, 6.45) is -40.6. The predicted molar refractivity (Wildman–Crippen MR) is 297 cm³/mol. The number of esters is 1. The molecule has 0 aromatic rings. The quantitative estimate of drug-likeness (QED) is 0.0414. The molecule has 512 valence electrons. The van der Waals surface area contributed by atoms with Crippen LogP contribution in [0.1, 0.15) is 106 Å². The van der Waals surface area contributed by atoms with E-state index in [2.05, 4.69) is 54.5 Å². The Morgan fingerprint density at radius 2 is 0.910 bits per heavy atom. The van der Waals surface area contributed by atoms with Crippen molar-refractivity contribution < 1.29 is 144 Å². The minimum atomic E-state index is -2.13. The number of carbonyl (C=O) groups is 1. The molecule has 34 atom stereocenters. The van der Waals surface area contributed by atoms with Crippen LogP contribution < -0.4 is 0 Å². The van der Waals surface area contributed by atoms with Gasteiger partial charge in [0.05, 0.1) is 45.2 Å². The van der Waals surface area contributed by atoms with Gasteiger partial charge in [-0.15, -0.1) is 0 Å². The van der Waals surface area contributed by atoms with Gasteiger partial charge < -0.3 is 139 Å². The number of aliphatic hydroxyl groups excluding tert-OH is 18. The van der Waals surface area contributed by atoms with E-state index >= 15 is 0 Å². The predicted octanol–water partition coefficient (Wildman–Crippen LogP) is -5.24. The van der Waals surface area contributed by atoms with Gasteiger partial charge in [-0.25, -0.2) is 0 Å². The average molecular weight is 1280 g/mol. The molecule has 0 aromatic heterocycles. The lowest BCUT2D eigenvalue weighted by atomic mass is 9.33. The third kappa shape index (κ3) is 11.6. The van der Waals surface area contributed by atoms with Crippen molar-refractivity contribution in [3.63, 3.8) is 0 Å². The number of allylic oxidation sites excluding steroid dienone is 2. The van der Waals surface area contributed by atoms with E-state index in [0.717, 1.165) is 5.57 Å². The first-order valence-corrected chi connectivity index (χ1v) is 31.5. The fourth-order valence-corrected chi connectivity index (χ4v) is 18.1. The van der Waals surface area contributed by atoms with Gasteiger partial charge in [0, 0.05) is 0 Å². The van der Waals surface area contributed by atoms with Crippen molar-refractivity contribution in [1.82, 2.24) is 0 Å². The molecule has 5 saturated heterocycles. The highest BCUT2D eigenvalue weighted by atomic mass is 16.8. The highest BCUT2D eigenvalue weighted by Crippen LogP contribution is 2.76.